The van der Waals surface area contributed by atoms with E-state index in [1.165, 1.54) is 17.3 Å². The fourth-order valence-electron chi connectivity index (χ4n) is 2.66. The lowest BCUT2D eigenvalue weighted by atomic mass is 10.1. The van der Waals surface area contributed by atoms with Gasteiger partial charge < -0.3 is 5.32 Å². The third kappa shape index (κ3) is 5.20. The second kappa shape index (κ2) is 9.83. The van der Waals surface area contributed by atoms with Crippen molar-refractivity contribution in [2.45, 2.75) is 25.4 Å². The maximum atomic E-state index is 12.1. The number of amides is 3. The summed E-state index contributed by atoms with van der Waals surface area (Å²) in [6.45, 7) is 4.33. The van der Waals surface area contributed by atoms with Crippen LogP contribution >= 0.6 is 11.8 Å². The second-order valence-electron chi connectivity index (χ2n) is 6.09. The van der Waals surface area contributed by atoms with E-state index in [9.17, 15) is 9.59 Å². The first-order valence-corrected chi connectivity index (χ1v) is 10.3. The number of thioether (sulfide) groups is 1. The number of hydrogen-bond acceptors (Lipinski definition) is 6. The van der Waals surface area contributed by atoms with Crippen molar-refractivity contribution >= 4 is 23.7 Å². The molecule has 1 aromatic carbocycles. The van der Waals surface area contributed by atoms with Gasteiger partial charge in [0.15, 0.2) is 11.0 Å². The number of hydrogen-bond donors (Lipinski definition) is 2. The molecule has 2 aromatic heterocycles. The van der Waals surface area contributed by atoms with Gasteiger partial charge in [0.2, 0.25) is 5.91 Å². The Bertz CT molecular complexity index is 972. The number of imide groups is 1. The van der Waals surface area contributed by atoms with Gasteiger partial charge in [-0.3, -0.25) is 19.7 Å². The Morgan fingerprint density at radius 1 is 1.03 bits per heavy atom. The predicted octanol–water partition coefficient (Wildman–Crippen LogP) is 2.83. The second-order valence-corrected chi connectivity index (χ2v) is 7.04. The third-order valence-electron chi connectivity index (χ3n) is 4.10. The SMILES string of the molecule is CCNC(=O)NC(=O)CSc1nnc(-c2ccncc2)n1-c1ccc(CC)cc1. The lowest BCUT2D eigenvalue weighted by Gasteiger charge is -2.11. The van der Waals surface area contributed by atoms with Crippen LogP contribution in [0.4, 0.5) is 4.79 Å². The van der Waals surface area contributed by atoms with Crippen LogP contribution in [-0.2, 0) is 11.2 Å². The summed E-state index contributed by atoms with van der Waals surface area (Å²) in [6, 6.07) is 11.3. The fourth-order valence-corrected chi connectivity index (χ4v) is 3.41. The number of aryl methyl sites for hydroxylation is 1. The van der Waals surface area contributed by atoms with Crippen LogP contribution in [0.25, 0.3) is 17.1 Å². The summed E-state index contributed by atoms with van der Waals surface area (Å²) in [5.41, 5.74) is 2.99. The van der Waals surface area contributed by atoms with Crippen molar-refractivity contribution in [3.05, 3.63) is 54.4 Å². The van der Waals surface area contributed by atoms with Crippen molar-refractivity contribution in [3.8, 4) is 17.1 Å². The number of nitrogens with one attached hydrogen (secondary N) is 2. The Labute approximate surface area is 173 Å². The molecule has 3 amide bonds. The third-order valence-corrected chi connectivity index (χ3v) is 5.03. The van der Waals surface area contributed by atoms with Crippen LogP contribution in [0.15, 0.2) is 53.9 Å². The molecule has 150 valence electrons. The van der Waals surface area contributed by atoms with E-state index < -0.39 is 11.9 Å². The summed E-state index contributed by atoms with van der Waals surface area (Å²) in [6.07, 6.45) is 4.34. The summed E-state index contributed by atoms with van der Waals surface area (Å²) in [5.74, 6) is 0.295. The molecular weight excluding hydrogens is 388 g/mol. The molecule has 2 N–H and O–H groups in total. The molecule has 0 spiro atoms. The molecule has 2 heterocycles. The zero-order valence-corrected chi connectivity index (χ0v) is 17.1. The summed E-state index contributed by atoms with van der Waals surface area (Å²) in [4.78, 5) is 27.6. The average molecular weight is 411 g/mol. The minimum Gasteiger partial charge on any atom is -0.338 e. The Kier molecular flexibility index (Phi) is 6.96. The van der Waals surface area contributed by atoms with Crippen molar-refractivity contribution in [2.24, 2.45) is 0 Å². The first-order chi connectivity index (χ1) is 14.1. The van der Waals surface area contributed by atoms with Gasteiger partial charge in [0.05, 0.1) is 5.75 Å². The first kappa shape index (κ1) is 20.5. The van der Waals surface area contributed by atoms with Gasteiger partial charge in [-0.15, -0.1) is 10.2 Å². The van der Waals surface area contributed by atoms with E-state index in [0.717, 1.165) is 17.7 Å². The number of carbonyl (C=O) groups excluding carboxylic acids is 2. The number of nitrogens with zero attached hydrogens (tertiary/aromatic N) is 4. The molecule has 9 heteroatoms. The number of rotatable bonds is 7. The van der Waals surface area contributed by atoms with Gasteiger partial charge in [-0.2, -0.15) is 0 Å². The highest BCUT2D eigenvalue weighted by Gasteiger charge is 2.18. The molecule has 0 bridgehead atoms. The average Bonchev–Trinajstić information content (AvgIpc) is 3.17. The van der Waals surface area contributed by atoms with Crippen LogP contribution in [0.5, 0.6) is 0 Å². The maximum Gasteiger partial charge on any atom is 0.321 e. The number of aromatic nitrogens is 4. The standard InChI is InChI=1S/C20H22N6O2S/c1-3-14-5-7-16(8-6-14)26-18(15-9-11-21-12-10-15)24-25-20(26)29-13-17(27)23-19(28)22-4-2/h5-12H,3-4,13H2,1-2H3,(H2,22,23,27,28). The van der Waals surface area contributed by atoms with Gasteiger partial charge in [-0.1, -0.05) is 30.8 Å². The highest BCUT2D eigenvalue weighted by Crippen LogP contribution is 2.27. The van der Waals surface area contributed by atoms with E-state index in [1.54, 1.807) is 19.3 Å². The van der Waals surface area contributed by atoms with Crippen molar-refractivity contribution in [2.75, 3.05) is 12.3 Å². The molecule has 0 aliphatic rings. The molecule has 3 rings (SSSR count). The molecule has 3 aromatic rings. The molecule has 0 atom stereocenters. The molecule has 0 saturated carbocycles. The molecule has 0 saturated heterocycles. The van der Waals surface area contributed by atoms with E-state index in [1.807, 2.05) is 28.8 Å². The fraction of sp³-hybridized carbons (Fsp3) is 0.250. The van der Waals surface area contributed by atoms with Gasteiger partial charge >= 0.3 is 6.03 Å². The normalized spacial score (nSPS) is 10.6. The Hall–Kier alpha value is -3.20. The molecule has 0 fully saturated rings. The highest BCUT2D eigenvalue weighted by molar-refractivity contribution is 7.99. The monoisotopic (exact) mass is 410 g/mol. The lowest BCUT2D eigenvalue weighted by Crippen LogP contribution is -2.40. The topological polar surface area (TPSA) is 102 Å². The molecule has 0 radical (unpaired) electrons. The van der Waals surface area contributed by atoms with E-state index in [0.29, 0.717) is 17.5 Å². The van der Waals surface area contributed by atoms with Crippen molar-refractivity contribution < 1.29 is 9.59 Å². The quantitative estimate of drug-likeness (QED) is 0.581. The molecule has 8 nitrogen and oxygen atoms in total. The van der Waals surface area contributed by atoms with Gasteiger partial charge in [0, 0.05) is 30.2 Å². The van der Waals surface area contributed by atoms with Crippen molar-refractivity contribution in [1.82, 2.24) is 30.4 Å². The van der Waals surface area contributed by atoms with Crippen molar-refractivity contribution in [1.29, 1.82) is 0 Å². The van der Waals surface area contributed by atoms with E-state index >= 15 is 0 Å². The zero-order valence-electron chi connectivity index (χ0n) is 16.3. The van der Waals surface area contributed by atoms with Gasteiger partial charge in [0.25, 0.3) is 0 Å². The zero-order chi connectivity index (χ0) is 20.6. The first-order valence-electron chi connectivity index (χ1n) is 9.28. The van der Waals surface area contributed by atoms with Crippen LogP contribution in [0.3, 0.4) is 0 Å². The van der Waals surface area contributed by atoms with Crippen molar-refractivity contribution in [3.63, 3.8) is 0 Å². The van der Waals surface area contributed by atoms with Crippen LogP contribution in [-0.4, -0.2) is 44.0 Å². The molecule has 29 heavy (non-hydrogen) atoms. The largest absolute Gasteiger partial charge is 0.338 e. The molecule has 0 aliphatic carbocycles. The number of benzene rings is 1. The lowest BCUT2D eigenvalue weighted by molar-refractivity contribution is -0.117. The maximum absolute atomic E-state index is 12.1. The van der Waals surface area contributed by atoms with Crippen LogP contribution in [0.2, 0.25) is 0 Å². The highest BCUT2D eigenvalue weighted by atomic mass is 32.2. The predicted molar refractivity (Wildman–Crippen MR) is 112 cm³/mol. The molecular formula is C20H22N6O2S. The Balaban J connectivity index is 1.88. The number of carbonyl (C=O) groups is 2. The summed E-state index contributed by atoms with van der Waals surface area (Å²) in [5, 5.41) is 14.0. The minimum absolute atomic E-state index is 0.0403. The van der Waals surface area contributed by atoms with E-state index in [-0.39, 0.29) is 5.75 Å². The van der Waals surface area contributed by atoms with E-state index in [4.69, 9.17) is 0 Å². The van der Waals surface area contributed by atoms with E-state index in [2.05, 4.69) is 44.9 Å². The van der Waals surface area contributed by atoms with Gasteiger partial charge in [0.1, 0.15) is 0 Å². The smallest absolute Gasteiger partial charge is 0.321 e. The molecule has 0 unspecified atom stereocenters. The number of urea groups is 1. The van der Waals surface area contributed by atoms with Gasteiger partial charge in [-0.05, 0) is 43.2 Å². The summed E-state index contributed by atoms with van der Waals surface area (Å²) in [7, 11) is 0. The Morgan fingerprint density at radius 3 is 2.41 bits per heavy atom. The van der Waals surface area contributed by atoms with Crippen LogP contribution in [0, 0.1) is 0 Å². The Morgan fingerprint density at radius 2 is 1.76 bits per heavy atom. The number of pyridine rings is 1. The van der Waals surface area contributed by atoms with Crippen LogP contribution in [0.1, 0.15) is 19.4 Å². The summed E-state index contributed by atoms with van der Waals surface area (Å²) < 4.78 is 1.90. The summed E-state index contributed by atoms with van der Waals surface area (Å²) >= 11 is 1.22. The van der Waals surface area contributed by atoms with Gasteiger partial charge in [-0.25, -0.2) is 4.79 Å². The minimum atomic E-state index is -0.507. The van der Waals surface area contributed by atoms with Crippen LogP contribution < -0.4 is 10.6 Å². The molecule has 0 aliphatic heterocycles.